The molecule has 0 saturated carbocycles. The summed E-state index contributed by atoms with van der Waals surface area (Å²) >= 11 is 0. The Morgan fingerprint density at radius 1 is 1.07 bits per heavy atom. The molecule has 2 aromatic rings. The van der Waals surface area contributed by atoms with Crippen LogP contribution >= 0.6 is 0 Å². The third-order valence-corrected chi connectivity index (χ3v) is 3.66. The van der Waals surface area contributed by atoms with Crippen LogP contribution in [0.15, 0.2) is 36.4 Å². The van der Waals surface area contributed by atoms with Gasteiger partial charge < -0.3 is 19.3 Å². The van der Waals surface area contributed by atoms with Gasteiger partial charge in [-0.25, -0.2) is 0 Å². The Hall–Kier alpha value is -3.53. The molecule has 27 heavy (non-hydrogen) atoms. The van der Waals surface area contributed by atoms with Gasteiger partial charge in [0.2, 0.25) is 0 Å². The van der Waals surface area contributed by atoms with E-state index in [2.05, 4.69) is 0 Å². The molecule has 0 unspecified atom stereocenters. The Bertz CT molecular complexity index is 867. The first-order valence-electron chi connectivity index (χ1n) is 8.26. The van der Waals surface area contributed by atoms with E-state index in [1.54, 1.807) is 38.3 Å². The van der Waals surface area contributed by atoms with Crippen molar-refractivity contribution in [2.75, 3.05) is 13.7 Å². The predicted octanol–water partition coefficient (Wildman–Crippen LogP) is 3.59. The van der Waals surface area contributed by atoms with Crippen LogP contribution in [-0.4, -0.2) is 30.6 Å². The molecule has 0 aromatic heterocycles. The summed E-state index contributed by atoms with van der Waals surface area (Å²) in [5.74, 6) is -0.0907. The molecule has 140 valence electrons. The third kappa shape index (κ3) is 5.22. The molecule has 0 bridgehead atoms. The average Bonchev–Trinajstić information content (AvgIpc) is 2.68. The van der Waals surface area contributed by atoms with Gasteiger partial charge in [-0.2, -0.15) is 5.26 Å². The molecular weight excluding hydrogens is 350 g/mol. The molecule has 7 heteroatoms. The normalized spacial score (nSPS) is 9.96. The lowest BCUT2D eigenvalue weighted by atomic mass is 10.0. The summed E-state index contributed by atoms with van der Waals surface area (Å²) in [5, 5.41) is 19.4. The maximum atomic E-state index is 12.4. The fraction of sp³-hybridized carbons (Fsp3) is 0.250. The standard InChI is InChI=1S/C20H19NO6/c1-3-26-19(23)9-8-18(22)17-11-16(10-13(12-21)20(17)24)27-15-6-4-14(25-2)5-7-15/h4-7,10-11,24H,3,8-9H2,1-2H3. The monoisotopic (exact) mass is 369 g/mol. The minimum atomic E-state index is -0.503. The minimum absolute atomic E-state index is 0.0816. The zero-order valence-electron chi connectivity index (χ0n) is 15.0. The smallest absolute Gasteiger partial charge is 0.306 e. The molecule has 7 nitrogen and oxygen atoms in total. The summed E-state index contributed by atoms with van der Waals surface area (Å²) in [4.78, 5) is 23.8. The Balaban J connectivity index is 2.24. The summed E-state index contributed by atoms with van der Waals surface area (Å²) in [6.45, 7) is 1.90. The Morgan fingerprint density at radius 2 is 1.74 bits per heavy atom. The lowest BCUT2D eigenvalue weighted by Gasteiger charge is -2.11. The molecule has 1 N–H and O–H groups in total. The molecular formula is C20H19NO6. The molecule has 0 aliphatic rings. The van der Waals surface area contributed by atoms with Crippen molar-refractivity contribution in [2.24, 2.45) is 0 Å². The summed E-state index contributed by atoms with van der Waals surface area (Å²) in [5.41, 5.74) is -0.178. The third-order valence-electron chi connectivity index (χ3n) is 3.66. The molecule has 0 aliphatic carbocycles. The van der Waals surface area contributed by atoms with Crippen molar-refractivity contribution in [2.45, 2.75) is 19.8 Å². The minimum Gasteiger partial charge on any atom is -0.506 e. The molecule has 0 fully saturated rings. The van der Waals surface area contributed by atoms with E-state index in [4.69, 9.17) is 14.2 Å². The summed E-state index contributed by atoms with van der Waals surface area (Å²) in [6, 6.07) is 11.2. The van der Waals surface area contributed by atoms with E-state index in [1.165, 1.54) is 12.1 Å². The van der Waals surface area contributed by atoms with Gasteiger partial charge in [0.15, 0.2) is 5.78 Å². The van der Waals surface area contributed by atoms with Crippen LogP contribution in [0.2, 0.25) is 0 Å². The van der Waals surface area contributed by atoms with Gasteiger partial charge >= 0.3 is 5.97 Å². The first kappa shape index (κ1) is 19.8. The van der Waals surface area contributed by atoms with Crippen molar-refractivity contribution < 1.29 is 28.9 Å². The van der Waals surface area contributed by atoms with E-state index in [9.17, 15) is 20.0 Å². The molecule has 0 amide bonds. The number of aromatic hydroxyl groups is 1. The van der Waals surface area contributed by atoms with Crippen LogP contribution in [0.4, 0.5) is 0 Å². The van der Waals surface area contributed by atoms with Crippen LogP contribution in [0.1, 0.15) is 35.7 Å². The number of methoxy groups -OCH3 is 1. The number of nitrogens with zero attached hydrogens (tertiary/aromatic N) is 1. The number of Topliss-reactive ketones (excluding diaryl/α,β-unsaturated/α-hetero) is 1. The second kappa shape index (κ2) is 9.25. The first-order valence-corrected chi connectivity index (χ1v) is 8.26. The van der Waals surface area contributed by atoms with Gasteiger partial charge in [0.05, 0.1) is 31.3 Å². The van der Waals surface area contributed by atoms with Crippen LogP contribution in [-0.2, 0) is 9.53 Å². The molecule has 2 aromatic carbocycles. The van der Waals surface area contributed by atoms with Gasteiger partial charge in [-0.1, -0.05) is 0 Å². The quantitative estimate of drug-likeness (QED) is 0.560. The lowest BCUT2D eigenvalue weighted by Crippen LogP contribution is -2.08. The number of ether oxygens (including phenoxy) is 3. The Kier molecular flexibility index (Phi) is 6.78. The van der Waals surface area contributed by atoms with Gasteiger partial charge in [0.1, 0.15) is 29.1 Å². The van der Waals surface area contributed by atoms with Crippen LogP contribution in [0, 0.1) is 11.3 Å². The van der Waals surface area contributed by atoms with Crippen molar-refractivity contribution >= 4 is 11.8 Å². The summed E-state index contributed by atoms with van der Waals surface area (Å²) in [6.07, 6.45) is -0.263. The number of hydrogen-bond acceptors (Lipinski definition) is 7. The van der Waals surface area contributed by atoms with Crippen molar-refractivity contribution in [3.05, 3.63) is 47.5 Å². The lowest BCUT2D eigenvalue weighted by molar-refractivity contribution is -0.143. The van der Waals surface area contributed by atoms with Crippen molar-refractivity contribution in [3.63, 3.8) is 0 Å². The molecule has 0 saturated heterocycles. The second-order valence-electron chi connectivity index (χ2n) is 5.48. The molecule has 0 aliphatic heterocycles. The number of carbonyl (C=O) groups is 2. The number of hydrogen-bond donors (Lipinski definition) is 1. The van der Waals surface area contributed by atoms with Crippen LogP contribution in [0.5, 0.6) is 23.0 Å². The largest absolute Gasteiger partial charge is 0.506 e. The molecule has 0 atom stereocenters. The van der Waals surface area contributed by atoms with E-state index < -0.39 is 17.5 Å². The average molecular weight is 369 g/mol. The van der Waals surface area contributed by atoms with Crippen molar-refractivity contribution in [1.29, 1.82) is 5.26 Å². The van der Waals surface area contributed by atoms with E-state index >= 15 is 0 Å². The summed E-state index contributed by atoms with van der Waals surface area (Å²) < 4.78 is 15.5. The number of phenolic OH excluding ortho intramolecular Hbond substituents is 1. The Morgan fingerprint density at radius 3 is 2.33 bits per heavy atom. The highest BCUT2D eigenvalue weighted by Crippen LogP contribution is 2.32. The highest BCUT2D eigenvalue weighted by Gasteiger charge is 2.18. The SMILES string of the molecule is CCOC(=O)CCC(=O)c1cc(Oc2ccc(OC)cc2)cc(C#N)c1O. The summed E-state index contributed by atoms with van der Waals surface area (Å²) in [7, 11) is 1.54. The number of benzene rings is 2. The fourth-order valence-corrected chi connectivity index (χ4v) is 2.33. The first-order chi connectivity index (χ1) is 13.0. The van der Waals surface area contributed by atoms with E-state index in [-0.39, 0.29) is 36.3 Å². The molecule has 2 rings (SSSR count). The maximum absolute atomic E-state index is 12.4. The van der Waals surface area contributed by atoms with Gasteiger partial charge in [0, 0.05) is 12.5 Å². The van der Waals surface area contributed by atoms with Gasteiger partial charge in [-0.05, 0) is 37.3 Å². The number of ketones is 1. The maximum Gasteiger partial charge on any atom is 0.306 e. The van der Waals surface area contributed by atoms with E-state index in [0.717, 1.165) is 0 Å². The number of carbonyl (C=O) groups excluding carboxylic acids is 2. The molecule has 0 radical (unpaired) electrons. The Labute approximate surface area is 156 Å². The van der Waals surface area contributed by atoms with Crippen molar-refractivity contribution in [3.8, 4) is 29.1 Å². The van der Waals surface area contributed by atoms with Crippen molar-refractivity contribution in [1.82, 2.24) is 0 Å². The molecule has 0 heterocycles. The van der Waals surface area contributed by atoms with E-state index in [0.29, 0.717) is 11.5 Å². The highest BCUT2D eigenvalue weighted by atomic mass is 16.5. The molecule has 0 spiro atoms. The second-order valence-corrected chi connectivity index (χ2v) is 5.48. The van der Waals surface area contributed by atoms with Gasteiger partial charge in [-0.3, -0.25) is 9.59 Å². The zero-order valence-corrected chi connectivity index (χ0v) is 15.0. The number of rotatable bonds is 8. The van der Waals surface area contributed by atoms with Crippen LogP contribution < -0.4 is 9.47 Å². The highest BCUT2D eigenvalue weighted by molar-refractivity contribution is 6.00. The zero-order chi connectivity index (χ0) is 19.8. The number of nitriles is 1. The number of phenols is 1. The van der Waals surface area contributed by atoms with Crippen LogP contribution in [0.25, 0.3) is 0 Å². The van der Waals surface area contributed by atoms with Gasteiger partial charge in [-0.15, -0.1) is 0 Å². The van der Waals surface area contributed by atoms with E-state index in [1.807, 2.05) is 6.07 Å². The number of esters is 1. The fourth-order valence-electron chi connectivity index (χ4n) is 2.33. The van der Waals surface area contributed by atoms with Crippen LogP contribution in [0.3, 0.4) is 0 Å². The van der Waals surface area contributed by atoms with Gasteiger partial charge in [0.25, 0.3) is 0 Å². The topological polar surface area (TPSA) is 106 Å². The predicted molar refractivity (Wildman–Crippen MR) is 96.1 cm³/mol.